The van der Waals surface area contributed by atoms with Gasteiger partial charge in [0, 0.05) is 38.6 Å². The molecule has 0 amide bonds. The van der Waals surface area contributed by atoms with Crippen LogP contribution in [0.5, 0.6) is 0 Å². The number of ether oxygens (including phenoxy) is 1. The van der Waals surface area contributed by atoms with Crippen molar-refractivity contribution in [1.29, 1.82) is 0 Å². The molecule has 0 unspecified atom stereocenters. The molecule has 2 heterocycles. The standard InChI is InChI=1S/C25H33FN2O2/c1-17-6-5-9-25(2)15-23-18(14-20(17)25)19(24(29)30-23)16-27-10-12-28(13-11-27)22-8-4-3-7-21(22)26/h3-4,7-8,14,17-19,23H,5-6,9-13,15-16H2,1-2H3/t17-,18+,19+,23-,25+/m1/s1. The van der Waals surface area contributed by atoms with Crippen molar-refractivity contribution < 1.29 is 13.9 Å². The number of anilines is 1. The number of rotatable bonds is 3. The van der Waals surface area contributed by atoms with Gasteiger partial charge in [-0.05, 0) is 42.7 Å². The van der Waals surface area contributed by atoms with Gasteiger partial charge in [0.05, 0.1) is 11.6 Å². The molecule has 30 heavy (non-hydrogen) atoms. The van der Waals surface area contributed by atoms with Gasteiger partial charge in [-0.15, -0.1) is 0 Å². The summed E-state index contributed by atoms with van der Waals surface area (Å²) in [5.41, 5.74) is 2.46. The Bertz CT molecular complexity index is 847. The minimum atomic E-state index is -0.161. The number of piperazine rings is 1. The van der Waals surface area contributed by atoms with Crippen molar-refractivity contribution in [1.82, 2.24) is 4.90 Å². The number of benzene rings is 1. The molecule has 3 fully saturated rings. The van der Waals surface area contributed by atoms with Gasteiger partial charge in [0.2, 0.25) is 0 Å². The highest BCUT2D eigenvalue weighted by Crippen LogP contribution is 2.54. The van der Waals surface area contributed by atoms with Gasteiger partial charge in [-0.2, -0.15) is 0 Å². The molecule has 4 aliphatic rings. The van der Waals surface area contributed by atoms with Crippen molar-refractivity contribution >= 4 is 11.7 Å². The molecule has 0 spiro atoms. The van der Waals surface area contributed by atoms with Crippen LogP contribution in [-0.2, 0) is 9.53 Å². The zero-order valence-electron chi connectivity index (χ0n) is 18.1. The first kappa shape index (κ1) is 20.0. The number of para-hydroxylation sites is 1. The summed E-state index contributed by atoms with van der Waals surface area (Å²) in [6.07, 6.45) is 7.21. The zero-order valence-corrected chi connectivity index (χ0v) is 18.1. The molecule has 2 aliphatic heterocycles. The number of carbonyl (C=O) groups is 1. The number of esters is 1. The summed E-state index contributed by atoms with van der Waals surface area (Å²) in [5.74, 6) is 0.581. The minimum Gasteiger partial charge on any atom is -0.461 e. The highest BCUT2D eigenvalue weighted by Gasteiger charge is 2.52. The van der Waals surface area contributed by atoms with Crippen LogP contribution in [0.3, 0.4) is 0 Å². The predicted octanol–water partition coefficient (Wildman–Crippen LogP) is 4.26. The van der Waals surface area contributed by atoms with E-state index in [1.165, 1.54) is 25.3 Å². The summed E-state index contributed by atoms with van der Waals surface area (Å²) < 4.78 is 20.0. The summed E-state index contributed by atoms with van der Waals surface area (Å²) in [5, 5.41) is 0. The van der Waals surface area contributed by atoms with Gasteiger partial charge in [0.1, 0.15) is 11.9 Å². The Kier molecular flexibility index (Phi) is 5.12. The number of halogens is 1. The van der Waals surface area contributed by atoms with Crippen LogP contribution in [-0.4, -0.2) is 49.7 Å². The summed E-state index contributed by atoms with van der Waals surface area (Å²) in [4.78, 5) is 17.3. The lowest BCUT2D eigenvalue weighted by atomic mass is 9.59. The monoisotopic (exact) mass is 412 g/mol. The van der Waals surface area contributed by atoms with Crippen molar-refractivity contribution in [3.05, 3.63) is 41.7 Å². The fraction of sp³-hybridized carbons (Fsp3) is 0.640. The third-order valence-corrected chi connectivity index (χ3v) is 8.10. The molecule has 0 N–H and O–H groups in total. The highest BCUT2D eigenvalue weighted by atomic mass is 19.1. The predicted molar refractivity (Wildman–Crippen MR) is 116 cm³/mol. The van der Waals surface area contributed by atoms with Gasteiger partial charge in [-0.3, -0.25) is 9.69 Å². The van der Waals surface area contributed by atoms with E-state index in [4.69, 9.17) is 4.74 Å². The first-order chi connectivity index (χ1) is 14.4. The van der Waals surface area contributed by atoms with E-state index in [-0.39, 0.29) is 35.1 Å². The van der Waals surface area contributed by atoms with Crippen LogP contribution >= 0.6 is 0 Å². The summed E-state index contributed by atoms with van der Waals surface area (Å²) in [7, 11) is 0. The molecule has 4 nitrogen and oxygen atoms in total. The lowest BCUT2D eigenvalue weighted by Gasteiger charge is -2.46. The van der Waals surface area contributed by atoms with E-state index >= 15 is 0 Å². The van der Waals surface area contributed by atoms with Crippen LogP contribution in [0.25, 0.3) is 0 Å². The molecule has 2 saturated heterocycles. The van der Waals surface area contributed by atoms with Crippen molar-refractivity contribution in [2.75, 3.05) is 37.6 Å². The normalized spacial score (nSPS) is 36.7. The van der Waals surface area contributed by atoms with Crippen molar-refractivity contribution in [2.24, 2.45) is 23.2 Å². The number of hydrogen-bond acceptors (Lipinski definition) is 4. The molecule has 1 aromatic carbocycles. The SMILES string of the molecule is C[C@@H]1CCC[C@@]2(C)C[C@H]3OC(=O)[C@@H](CN4CCN(c5ccccc5F)CC4)[C@@H]3C=C12. The van der Waals surface area contributed by atoms with Crippen LogP contribution in [0.1, 0.15) is 39.5 Å². The zero-order chi connectivity index (χ0) is 20.9. The van der Waals surface area contributed by atoms with E-state index in [1.54, 1.807) is 11.6 Å². The average molecular weight is 413 g/mol. The van der Waals surface area contributed by atoms with Gasteiger partial charge in [-0.1, -0.05) is 44.1 Å². The molecule has 2 aliphatic carbocycles. The number of hydrogen-bond donors (Lipinski definition) is 0. The van der Waals surface area contributed by atoms with E-state index in [0.29, 0.717) is 11.6 Å². The molecule has 0 bridgehead atoms. The van der Waals surface area contributed by atoms with Gasteiger partial charge < -0.3 is 9.64 Å². The molecular formula is C25H33FN2O2. The third kappa shape index (κ3) is 3.45. The fourth-order valence-corrected chi connectivity index (χ4v) is 6.42. The number of fused-ring (bicyclic) bond motifs is 2. The minimum absolute atomic E-state index is 0.0201. The van der Waals surface area contributed by atoms with Crippen molar-refractivity contribution in [2.45, 2.75) is 45.6 Å². The second kappa shape index (κ2) is 7.67. The number of allylic oxidation sites excluding steroid dienone is 1. The Balaban J connectivity index is 1.27. The van der Waals surface area contributed by atoms with Crippen LogP contribution in [0.4, 0.5) is 10.1 Å². The fourth-order valence-electron chi connectivity index (χ4n) is 6.42. The first-order valence-corrected chi connectivity index (χ1v) is 11.6. The van der Waals surface area contributed by atoms with Crippen LogP contribution in [0.15, 0.2) is 35.9 Å². The van der Waals surface area contributed by atoms with Gasteiger partial charge in [-0.25, -0.2) is 4.39 Å². The van der Waals surface area contributed by atoms with E-state index in [9.17, 15) is 9.18 Å². The number of nitrogens with zero attached hydrogens (tertiary/aromatic N) is 2. The molecule has 0 aromatic heterocycles. The first-order valence-electron chi connectivity index (χ1n) is 11.6. The van der Waals surface area contributed by atoms with E-state index in [1.807, 2.05) is 12.1 Å². The average Bonchev–Trinajstić information content (AvgIpc) is 3.01. The Morgan fingerprint density at radius 1 is 1.20 bits per heavy atom. The molecular weight excluding hydrogens is 379 g/mol. The lowest BCUT2D eigenvalue weighted by molar-refractivity contribution is -0.145. The topological polar surface area (TPSA) is 32.8 Å². The molecule has 1 saturated carbocycles. The van der Waals surface area contributed by atoms with E-state index in [2.05, 4.69) is 29.7 Å². The Morgan fingerprint density at radius 3 is 2.73 bits per heavy atom. The Hall–Kier alpha value is -1.88. The second-order valence-corrected chi connectivity index (χ2v) is 10.1. The van der Waals surface area contributed by atoms with Crippen LogP contribution in [0, 0.1) is 29.0 Å². The second-order valence-electron chi connectivity index (χ2n) is 10.1. The third-order valence-electron chi connectivity index (χ3n) is 8.10. The number of carbonyl (C=O) groups excluding carboxylic acids is 1. The van der Waals surface area contributed by atoms with Crippen molar-refractivity contribution in [3.63, 3.8) is 0 Å². The van der Waals surface area contributed by atoms with E-state index < -0.39 is 0 Å². The smallest absolute Gasteiger partial charge is 0.311 e. The largest absolute Gasteiger partial charge is 0.461 e. The van der Waals surface area contributed by atoms with Crippen LogP contribution < -0.4 is 4.90 Å². The lowest BCUT2D eigenvalue weighted by Crippen LogP contribution is -2.49. The maximum absolute atomic E-state index is 14.1. The highest BCUT2D eigenvalue weighted by molar-refractivity contribution is 5.76. The molecule has 0 radical (unpaired) electrons. The maximum Gasteiger partial charge on any atom is 0.311 e. The van der Waals surface area contributed by atoms with Gasteiger partial charge in [0.25, 0.3) is 0 Å². The van der Waals surface area contributed by atoms with Gasteiger partial charge >= 0.3 is 5.97 Å². The maximum atomic E-state index is 14.1. The van der Waals surface area contributed by atoms with Gasteiger partial charge in [0.15, 0.2) is 0 Å². The van der Waals surface area contributed by atoms with Crippen molar-refractivity contribution in [3.8, 4) is 0 Å². The van der Waals surface area contributed by atoms with Crippen LogP contribution in [0.2, 0.25) is 0 Å². The molecule has 5 atom stereocenters. The Labute approximate surface area is 179 Å². The molecule has 5 rings (SSSR count). The van der Waals surface area contributed by atoms with E-state index in [0.717, 1.165) is 39.1 Å². The summed E-state index contributed by atoms with van der Waals surface area (Å²) in [6, 6.07) is 6.98. The Morgan fingerprint density at radius 2 is 1.97 bits per heavy atom. The molecule has 1 aromatic rings. The molecule has 162 valence electrons. The molecule has 5 heteroatoms. The quantitative estimate of drug-likeness (QED) is 0.549. The summed E-state index contributed by atoms with van der Waals surface area (Å²) >= 11 is 0. The summed E-state index contributed by atoms with van der Waals surface area (Å²) in [6.45, 7) is 8.73.